The molecule has 15 heavy (non-hydrogen) atoms. The predicted octanol–water partition coefficient (Wildman–Crippen LogP) is 1.81. The quantitative estimate of drug-likeness (QED) is 0.748. The maximum Gasteiger partial charge on any atom is 0.228 e. The number of carbonyl (C=O) groups excluding carboxylic acids is 1. The summed E-state index contributed by atoms with van der Waals surface area (Å²) in [6, 6.07) is 8.31. The molecule has 1 aliphatic carbocycles. The van der Waals surface area contributed by atoms with Crippen molar-refractivity contribution in [3.05, 3.63) is 29.3 Å². The SMILES string of the molecule is N#CC1CC1c1ccc2c(c1)CC(=O)N2. The number of anilines is 1. The highest BCUT2D eigenvalue weighted by Gasteiger charge is 2.38. The number of hydrogen-bond acceptors (Lipinski definition) is 2. The summed E-state index contributed by atoms with van der Waals surface area (Å²) in [6.07, 6.45) is 1.45. The van der Waals surface area contributed by atoms with Crippen LogP contribution in [0.4, 0.5) is 5.69 Å². The molecule has 1 fully saturated rings. The van der Waals surface area contributed by atoms with Crippen LogP contribution in [-0.4, -0.2) is 5.91 Å². The summed E-state index contributed by atoms with van der Waals surface area (Å²) >= 11 is 0. The summed E-state index contributed by atoms with van der Waals surface area (Å²) in [4.78, 5) is 11.2. The second-order valence-corrected chi connectivity index (χ2v) is 4.22. The van der Waals surface area contributed by atoms with Gasteiger partial charge in [-0.05, 0) is 23.6 Å². The molecule has 0 saturated heterocycles. The fourth-order valence-corrected chi connectivity index (χ4v) is 2.19. The highest BCUT2D eigenvalue weighted by molar-refractivity contribution is 5.99. The lowest BCUT2D eigenvalue weighted by Gasteiger charge is -2.01. The highest BCUT2D eigenvalue weighted by atomic mass is 16.1. The lowest BCUT2D eigenvalue weighted by atomic mass is 10.0. The van der Waals surface area contributed by atoms with E-state index >= 15 is 0 Å². The van der Waals surface area contributed by atoms with E-state index in [0.717, 1.165) is 17.7 Å². The van der Waals surface area contributed by atoms with Crippen LogP contribution in [0, 0.1) is 17.2 Å². The van der Waals surface area contributed by atoms with Crippen LogP contribution in [0.3, 0.4) is 0 Å². The summed E-state index contributed by atoms with van der Waals surface area (Å²) in [5.74, 6) is 0.652. The number of amides is 1. The van der Waals surface area contributed by atoms with Gasteiger partial charge in [-0.3, -0.25) is 4.79 Å². The van der Waals surface area contributed by atoms with Crippen LogP contribution in [0.2, 0.25) is 0 Å². The molecule has 0 bridgehead atoms. The smallest absolute Gasteiger partial charge is 0.228 e. The zero-order valence-corrected chi connectivity index (χ0v) is 8.16. The number of nitriles is 1. The van der Waals surface area contributed by atoms with Crippen molar-refractivity contribution in [3.8, 4) is 6.07 Å². The molecule has 1 aliphatic heterocycles. The van der Waals surface area contributed by atoms with Gasteiger partial charge in [-0.15, -0.1) is 0 Å². The van der Waals surface area contributed by atoms with E-state index in [-0.39, 0.29) is 11.8 Å². The first-order valence-electron chi connectivity index (χ1n) is 5.10. The molecular weight excluding hydrogens is 188 g/mol. The van der Waals surface area contributed by atoms with Gasteiger partial charge in [-0.25, -0.2) is 0 Å². The average Bonchev–Trinajstić information content (AvgIpc) is 2.92. The number of nitrogens with one attached hydrogen (secondary N) is 1. The standard InChI is InChI=1S/C12H10N2O/c13-6-9-4-10(9)7-1-2-11-8(3-7)5-12(15)14-11/h1-3,9-10H,4-5H2,(H,14,15). The van der Waals surface area contributed by atoms with Crippen molar-refractivity contribution in [1.82, 2.24) is 0 Å². The van der Waals surface area contributed by atoms with E-state index in [1.54, 1.807) is 0 Å². The molecule has 0 radical (unpaired) electrons. The van der Waals surface area contributed by atoms with Gasteiger partial charge in [0.2, 0.25) is 5.91 Å². The first-order chi connectivity index (χ1) is 7.28. The third kappa shape index (κ3) is 1.30. The fourth-order valence-electron chi connectivity index (χ4n) is 2.19. The van der Waals surface area contributed by atoms with Gasteiger partial charge in [0.25, 0.3) is 0 Å². The molecule has 3 nitrogen and oxygen atoms in total. The predicted molar refractivity (Wildman–Crippen MR) is 55.2 cm³/mol. The van der Waals surface area contributed by atoms with Gasteiger partial charge < -0.3 is 5.32 Å². The number of carbonyl (C=O) groups is 1. The first kappa shape index (κ1) is 8.49. The molecule has 1 heterocycles. The van der Waals surface area contributed by atoms with Crippen molar-refractivity contribution in [2.45, 2.75) is 18.8 Å². The Kier molecular flexibility index (Phi) is 1.60. The van der Waals surface area contributed by atoms with Crippen LogP contribution in [0.1, 0.15) is 23.5 Å². The van der Waals surface area contributed by atoms with Crippen LogP contribution in [-0.2, 0) is 11.2 Å². The third-order valence-corrected chi connectivity index (χ3v) is 3.14. The van der Waals surface area contributed by atoms with Gasteiger partial charge in [-0.2, -0.15) is 5.26 Å². The zero-order valence-electron chi connectivity index (χ0n) is 8.16. The lowest BCUT2D eigenvalue weighted by molar-refractivity contribution is -0.115. The van der Waals surface area contributed by atoms with Crippen molar-refractivity contribution < 1.29 is 4.79 Å². The molecule has 1 saturated carbocycles. The minimum absolute atomic E-state index is 0.0646. The second-order valence-electron chi connectivity index (χ2n) is 4.22. The largest absolute Gasteiger partial charge is 0.326 e. The van der Waals surface area contributed by atoms with Crippen LogP contribution >= 0.6 is 0 Å². The van der Waals surface area contributed by atoms with E-state index in [1.165, 1.54) is 5.56 Å². The fraction of sp³-hybridized carbons (Fsp3) is 0.333. The molecular formula is C12H10N2O. The monoisotopic (exact) mass is 198 g/mol. The zero-order chi connectivity index (χ0) is 10.4. The van der Waals surface area contributed by atoms with E-state index in [2.05, 4.69) is 17.5 Å². The van der Waals surface area contributed by atoms with Gasteiger partial charge >= 0.3 is 0 Å². The number of hydrogen-bond donors (Lipinski definition) is 1. The van der Waals surface area contributed by atoms with Gasteiger partial charge in [0.1, 0.15) is 0 Å². The summed E-state index contributed by atoms with van der Waals surface area (Å²) in [5.41, 5.74) is 3.20. The molecule has 3 heteroatoms. The normalized spacial score (nSPS) is 26.7. The lowest BCUT2D eigenvalue weighted by Crippen LogP contribution is -2.03. The molecule has 1 aromatic carbocycles. The van der Waals surface area contributed by atoms with Crippen molar-refractivity contribution in [2.24, 2.45) is 5.92 Å². The van der Waals surface area contributed by atoms with E-state index in [9.17, 15) is 4.79 Å². The Balaban J connectivity index is 1.92. The molecule has 1 aromatic rings. The Labute approximate surface area is 87.7 Å². The first-order valence-corrected chi connectivity index (χ1v) is 5.10. The maximum atomic E-state index is 11.2. The van der Waals surface area contributed by atoms with Gasteiger partial charge in [0.15, 0.2) is 0 Å². The summed E-state index contributed by atoms with van der Waals surface area (Å²) in [6.45, 7) is 0. The number of benzene rings is 1. The molecule has 1 N–H and O–H groups in total. The molecule has 1 amide bonds. The van der Waals surface area contributed by atoms with Crippen molar-refractivity contribution in [2.75, 3.05) is 5.32 Å². The summed E-state index contributed by atoms with van der Waals surface area (Å²) < 4.78 is 0. The molecule has 0 spiro atoms. The molecule has 74 valence electrons. The number of fused-ring (bicyclic) bond motifs is 1. The highest BCUT2D eigenvalue weighted by Crippen LogP contribution is 2.47. The Morgan fingerprint density at radius 3 is 3.07 bits per heavy atom. The Bertz CT molecular complexity index is 487. The van der Waals surface area contributed by atoms with Crippen LogP contribution < -0.4 is 5.32 Å². The Morgan fingerprint density at radius 1 is 1.47 bits per heavy atom. The minimum Gasteiger partial charge on any atom is -0.326 e. The van der Waals surface area contributed by atoms with E-state index in [1.807, 2.05) is 12.1 Å². The van der Waals surface area contributed by atoms with Crippen LogP contribution in [0.5, 0.6) is 0 Å². The average molecular weight is 198 g/mol. The molecule has 3 rings (SSSR count). The number of nitrogens with zero attached hydrogens (tertiary/aromatic N) is 1. The third-order valence-electron chi connectivity index (χ3n) is 3.14. The van der Waals surface area contributed by atoms with Gasteiger partial charge in [-0.1, -0.05) is 12.1 Å². The van der Waals surface area contributed by atoms with E-state index in [0.29, 0.717) is 12.3 Å². The van der Waals surface area contributed by atoms with E-state index < -0.39 is 0 Å². The Hall–Kier alpha value is -1.82. The van der Waals surface area contributed by atoms with Crippen molar-refractivity contribution in [3.63, 3.8) is 0 Å². The maximum absolute atomic E-state index is 11.2. The summed E-state index contributed by atoms with van der Waals surface area (Å²) in [5, 5.41) is 11.6. The Morgan fingerprint density at radius 2 is 2.33 bits per heavy atom. The topological polar surface area (TPSA) is 52.9 Å². The molecule has 0 aromatic heterocycles. The number of rotatable bonds is 1. The summed E-state index contributed by atoms with van der Waals surface area (Å²) in [7, 11) is 0. The van der Waals surface area contributed by atoms with Crippen molar-refractivity contribution in [1.29, 1.82) is 5.26 Å². The minimum atomic E-state index is 0.0646. The van der Waals surface area contributed by atoms with Crippen molar-refractivity contribution >= 4 is 11.6 Å². The van der Waals surface area contributed by atoms with E-state index in [4.69, 9.17) is 5.26 Å². The van der Waals surface area contributed by atoms with Gasteiger partial charge in [0.05, 0.1) is 18.4 Å². The second kappa shape index (κ2) is 2.83. The molecule has 2 atom stereocenters. The molecule has 2 unspecified atom stereocenters. The van der Waals surface area contributed by atoms with Gasteiger partial charge in [0, 0.05) is 11.6 Å². The van der Waals surface area contributed by atoms with Crippen LogP contribution in [0.25, 0.3) is 0 Å². The molecule has 2 aliphatic rings. The van der Waals surface area contributed by atoms with Crippen LogP contribution in [0.15, 0.2) is 18.2 Å².